The summed E-state index contributed by atoms with van der Waals surface area (Å²) in [7, 11) is 1.99. The number of likely N-dealkylation sites (N-methyl/N-ethyl adjacent to an activating group) is 1. The van der Waals surface area contributed by atoms with Gasteiger partial charge in [-0.3, -0.25) is 4.79 Å². The Kier molecular flexibility index (Phi) is 7.06. The first kappa shape index (κ1) is 16.2. The van der Waals surface area contributed by atoms with Crippen LogP contribution in [0.1, 0.15) is 30.6 Å². The van der Waals surface area contributed by atoms with Gasteiger partial charge in [0.1, 0.15) is 0 Å². The predicted octanol–water partition coefficient (Wildman–Crippen LogP) is 3.27. The number of Topliss-reactive ketones (excluding diaryl/α,β-unsaturated/α-hetero) is 1. The Bertz CT molecular complexity index is 407. The minimum absolute atomic E-state index is 0.0854. The number of rotatable bonds is 8. The molecule has 0 fully saturated rings. The summed E-state index contributed by atoms with van der Waals surface area (Å²) < 4.78 is 5.48. The molecular formula is C15H22ClNO2. The Labute approximate surface area is 120 Å². The molecule has 0 aromatic heterocycles. The molecule has 0 unspecified atom stereocenters. The van der Waals surface area contributed by atoms with Crippen molar-refractivity contribution < 1.29 is 9.53 Å². The smallest absolute Gasteiger partial charge is 0.165 e. The van der Waals surface area contributed by atoms with Crippen molar-refractivity contribution in [2.45, 2.75) is 26.4 Å². The topological polar surface area (TPSA) is 29.5 Å². The second kappa shape index (κ2) is 8.31. The van der Waals surface area contributed by atoms with E-state index in [1.54, 1.807) is 12.1 Å². The largest absolute Gasteiger partial charge is 0.377 e. The number of carbonyl (C=O) groups excluding carboxylic acids is 1. The van der Waals surface area contributed by atoms with Crippen LogP contribution in [0.3, 0.4) is 0 Å². The molecule has 0 bridgehead atoms. The monoisotopic (exact) mass is 283 g/mol. The summed E-state index contributed by atoms with van der Waals surface area (Å²) in [5, 5.41) is 0.526. The highest BCUT2D eigenvalue weighted by molar-refractivity contribution is 6.33. The summed E-state index contributed by atoms with van der Waals surface area (Å²) in [5.74, 6) is 0.0854. The molecule has 0 aliphatic heterocycles. The standard InChI is InChI=1S/C15H22ClNO2/c1-12(2)19-11-10-17(3)9-8-15(18)13-6-4-5-7-14(13)16/h4-7,12H,8-11H2,1-3H3. The zero-order chi connectivity index (χ0) is 14.3. The highest BCUT2D eigenvalue weighted by Crippen LogP contribution is 2.16. The van der Waals surface area contributed by atoms with Crippen molar-refractivity contribution in [1.82, 2.24) is 4.90 Å². The zero-order valence-corrected chi connectivity index (χ0v) is 12.6. The van der Waals surface area contributed by atoms with E-state index in [2.05, 4.69) is 4.90 Å². The van der Waals surface area contributed by atoms with E-state index in [4.69, 9.17) is 16.3 Å². The molecule has 1 aromatic carbocycles. The van der Waals surface area contributed by atoms with Gasteiger partial charge in [0.25, 0.3) is 0 Å². The van der Waals surface area contributed by atoms with Crippen molar-refractivity contribution in [2.24, 2.45) is 0 Å². The van der Waals surface area contributed by atoms with Crippen LogP contribution in [0.2, 0.25) is 5.02 Å². The number of ether oxygens (including phenoxy) is 1. The van der Waals surface area contributed by atoms with Gasteiger partial charge in [-0.15, -0.1) is 0 Å². The summed E-state index contributed by atoms with van der Waals surface area (Å²) in [5.41, 5.74) is 0.607. The molecule has 106 valence electrons. The Morgan fingerprint density at radius 2 is 2.00 bits per heavy atom. The summed E-state index contributed by atoms with van der Waals surface area (Å²) in [6.45, 7) is 6.26. The third-order valence-electron chi connectivity index (χ3n) is 2.82. The van der Waals surface area contributed by atoms with E-state index in [-0.39, 0.29) is 11.9 Å². The molecule has 0 spiro atoms. The molecule has 0 amide bonds. The molecule has 0 N–H and O–H groups in total. The fraction of sp³-hybridized carbons (Fsp3) is 0.533. The highest BCUT2D eigenvalue weighted by Gasteiger charge is 2.10. The molecular weight excluding hydrogens is 262 g/mol. The van der Waals surface area contributed by atoms with Crippen LogP contribution in [0.4, 0.5) is 0 Å². The SMILES string of the molecule is CC(C)OCCN(C)CCC(=O)c1ccccc1Cl. The van der Waals surface area contributed by atoms with E-state index in [0.29, 0.717) is 30.2 Å². The van der Waals surface area contributed by atoms with Gasteiger partial charge in [-0.05, 0) is 33.0 Å². The van der Waals surface area contributed by atoms with Gasteiger partial charge in [0.05, 0.1) is 17.7 Å². The van der Waals surface area contributed by atoms with Gasteiger partial charge in [0.2, 0.25) is 0 Å². The first-order valence-electron chi connectivity index (χ1n) is 6.58. The molecule has 0 radical (unpaired) electrons. The lowest BCUT2D eigenvalue weighted by Gasteiger charge is -2.17. The van der Waals surface area contributed by atoms with E-state index >= 15 is 0 Å². The van der Waals surface area contributed by atoms with E-state index in [0.717, 1.165) is 6.54 Å². The molecule has 3 nitrogen and oxygen atoms in total. The summed E-state index contributed by atoms with van der Waals surface area (Å²) >= 11 is 6.00. The van der Waals surface area contributed by atoms with Crippen molar-refractivity contribution in [2.75, 3.05) is 26.7 Å². The maximum atomic E-state index is 12.0. The molecule has 0 atom stereocenters. The molecule has 1 rings (SSSR count). The van der Waals surface area contributed by atoms with Crippen LogP contribution in [-0.4, -0.2) is 43.5 Å². The second-order valence-electron chi connectivity index (χ2n) is 4.88. The number of nitrogens with zero attached hydrogens (tertiary/aromatic N) is 1. The van der Waals surface area contributed by atoms with E-state index in [1.165, 1.54) is 0 Å². The number of benzene rings is 1. The maximum absolute atomic E-state index is 12.0. The van der Waals surface area contributed by atoms with Crippen LogP contribution < -0.4 is 0 Å². The molecule has 0 aliphatic rings. The van der Waals surface area contributed by atoms with Crippen LogP contribution in [0, 0.1) is 0 Å². The third-order valence-corrected chi connectivity index (χ3v) is 3.15. The zero-order valence-electron chi connectivity index (χ0n) is 11.9. The van der Waals surface area contributed by atoms with Crippen LogP contribution in [0.5, 0.6) is 0 Å². The molecule has 0 saturated heterocycles. The lowest BCUT2D eigenvalue weighted by Crippen LogP contribution is -2.26. The first-order chi connectivity index (χ1) is 9.00. The molecule has 19 heavy (non-hydrogen) atoms. The van der Waals surface area contributed by atoms with Crippen molar-refractivity contribution in [1.29, 1.82) is 0 Å². The number of ketones is 1. The number of halogens is 1. The quantitative estimate of drug-likeness (QED) is 0.686. The Morgan fingerprint density at radius 3 is 2.63 bits per heavy atom. The number of hydrogen-bond acceptors (Lipinski definition) is 3. The molecule has 1 aromatic rings. The third kappa shape index (κ3) is 6.19. The van der Waals surface area contributed by atoms with E-state index in [9.17, 15) is 4.79 Å². The van der Waals surface area contributed by atoms with Crippen LogP contribution >= 0.6 is 11.6 Å². The Morgan fingerprint density at radius 1 is 1.32 bits per heavy atom. The number of carbonyl (C=O) groups is 1. The maximum Gasteiger partial charge on any atom is 0.165 e. The minimum Gasteiger partial charge on any atom is -0.377 e. The van der Waals surface area contributed by atoms with Crippen molar-refractivity contribution in [3.63, 3.8) is 0 Å². The Balaban J connectivity index is 2.32. The summed E-state index contributed by atoms with van der Waals surface area (Å²) in [6.07, 6.45) is 0.722. The molecule has 0 saturated carbocycles. The van der Waals surface area contributed by atoms with Crippen LogP contribution in [0.15, 0.2) is 24.3 Å². The first-order valence-corrected chi connectivity index (χ1v) is 6.96. The van der Waals surface area contributed by atoms with Gasteiger partial charge in [0.15, 0.2) is 5.78 Å². The summed E-state index contributed by atoms with van der Waals surface area (Å²) in [4.78, 5) is 14.1. The predicted molar refractivity (Wildman–Crippen MR) is 79.0 cm³/mol. The fourth-order valence-electron chi connectivity index (χ4n) is 1.67. The van der Waals surface area contributed by atoms with Gasteiger partial charge in [-0.2, -0.15) is 0 Å². The lowest BCUT2D eigenvalue weighted by molar-refractivity contribution is 0.0629. The lowest BCUT2D eigenvalue weighted by atomic mass is 10.1. The molecule has 0 aliphatic carbocycles. The van der Waals surface area contributed by atoms with Crippen molar-refractivity contribution in [3.05, 3.63) is 34.9 Å². The van der Waals surface area contributed by atoms with Gasteiger partial charge in [-0.1, -0.05) is 23.7 Å². The average Bonchev–Trinajstić information content (AvgIpc) is 2.36. The van der Waals surface area contributed by atoms with Crippen LogP contribution in [-0.2, 0) is 4.74 Å². The Hall–Kier alpha value is -0.900. The van der Waals surface area contributed by atoms with Gasteiger partial charge < -0.3 is 9.64 Å². The van der Waals surface area contributed by atoms with Crippen molar-refractivity contribution in [3.8, 4) is 0 Å². The highest BCUT2D eigenvalue weighted by atomic mass is 35.5. The second-order valence-corrected chi connectivity index (χ2v) is 5.28. The molecule has 0 heterocycles. The normalized spacial score (nSPS) is 11.3. The fourth-order valence-corrected chi connectivity index (χ4v) is 1.91. The summed E-state index contributed by atoms with van der Waals surface area (Å²) in [6, 6.07) is 7.18. The molecule has 4 heteroatoms. The minimum atomic E-state index is 0.0854. The van der Waals surface area contributed by atoms with Crippen molar-refractivity contribution >= 4 is 17.4 Å². The van der Waals surface area contributed by atoms with Crippen LogP contribution in [0.25, 0.3) is 0 Å². The van der Waals surface area contributed by atoms with Gasteiger partial charge in [-0.25, -0.2) is 0 Å². The average molecular weight is 284 g/mol. The van der Waals surface area contributed by atoms with E-state index < -0.39 is 0 Å². The van der Waals surface area contributed by atoms with E-state index in [1.807, 2.05) is 33.0 Å². The van der Waals surface area contributed by atoms with Gasteiger partial charge in [0, 0.05) is 25.1 Å². The van der Waals surface area contributed by atoms with Gasteiger partial charge >= 0.3 is 0 Å². The number of hydrogen-bond donors (Lipinski definition) is 0.